The summed E-state index contributed by atoms with van der Waals surface area (Å²) >= 11 is 0. The standard InChI is InChI=1S/C14H20N2O4/c1-10(9-20-4)15(2)14(19)16(3)12-8-6-5-7-11(12)13(17)18/h5-8,10H,9H2,1-4H3,(H,17,18). The van der Waals surface area contributed by atoms with Crippen molar-refractivity contribution < 1.29 is 19.4 Å². The summed E-state index contributed by atoms with van der Waals surface area (Å²) in [7, 11) is 4.78. The molecule has 0 heterocycles. The van der Waals surface area contributed by atoms with Crippen LogP contribution in [0, 0.1) is 0 Å². The van der Waals surface area contributed by atoms with Gasteiger partial charge in [0, 0.05) is 21.2 Å². The maximum absolute atomic E-state index is 12.3. The van der Waals surface area contributed by atoms with E-state index in [1.165, 1.54) is 15.9 Å². The molecule has 110 valence electrons. The van der Waals surface area contributed by atoms with E-state index in [1.54, 1.807) is 39.4 Å². The minimum atomic E-state index is -1.06. The molecule has 1 unspecified atom stereocenters. The Balaban J connectivity index is 2.97. The number of anilines is 1. The van der Waals surface area contributed by atoms with Crippen LogP contribution < -0.4 is 4.90 Å². The van der Waals surface area contributed by atoms with Gasteiger partial charge in [-0.25, -0.2) is 9.59 Å². The molecule has 0 saturated carbocycles. The number of aromatic carboxylic acids is 1. The molecule has 0 spiro atoms. The van der Waals surface area contributed by atoms with Crippen molar-refractivity contribution in [1.82, 2.24) is 4.90 Å². The number of para-hydroxylation sites is 1. The summed E-state index contributed by atoms with van der Waals surface area (Å²) in [5, 5.41) is 9.16. The molecular weight excluding hydrogens is 260 g/mol. The number of hydrogen-bond donors (Lipinski definition) is 1. The van der Waals surface area contributed by atoms with Gasteiger partial charge in [-0.2, -0.15) is 0 Å². The number of rotatable bonds is 5. The highest BCUT2D eigenvalue weighted by Crippen LogP contribution is 2.20. The van der Waals surface area contributed by atoms with E-state index in [4.69, 9.17) is 9.84 Å². The highest BCUT2D eigenvalue weighted by molar-refractivity contribution is 6.01. The van der Waals surface area contributed by atoms with Crippen LogP contribution in [0.4, 0.5) is 10.5 Å². The second-order valence-electron chi connectivity index (χ2n) is 4.58. The molecule has 0 aliphatic rings. The lowest BCUT2D eigenvalue weighted by Crippen LogP contribution is -2.45. The number of likely N-dealkylation sites (N-methyl/N-ethyl adjacent to an activating group) is 1. The molecule has 2 amide bonds. The molecule has 0 aromatic heterocycles. The third kappa shape index (κ3) is 3.48. The average Bonchev–Trinajstić information content (AvgIpc) is 2.45. The molecular formula is C14H20N2O4. The number of benzene rings is 1. The van der Waals surface area contributed by atoms with Gasteiger partial charge in [0.1, 0.15) is 0 Å². The summed E-state index contributed by atoms with van der Waals surface area (Å²) in [6.45, 7) is 2.27. The van der Waals surface area contributed by atoms with Crippen molar-refractivity contribution >= 4 is 17.7 Å². The first kappa shape index (κ1) is 16.0. The molecule has 6 nitrogen and oxygen atoms in total. The Bertz CT molecular complexity index is 490. The molecule has 0 radical (unpaired) electrons. The first-order chi connectivity index (χ1) is 9.40. The lowest BCUT2D eigenvalue weighted by atomic mass is 10.1. The predicted octanol–water partition coefficient (Wildman–Crippen LogP) is 1.91. The number of nitrogens with zero attached hydrogens (tertiary/aromatic N) is 2. The molecule has 0 saturated heterocycles. The minimum absolute atomic E-state index is 0.0937. The van der Waals surface area contributed by atoms with Crippen LogP contribution in [0.3, 0.4) is 0 Å². The Morgan fingerprint density at radius 1 is 1.30 bits per heavy atom. The van der Waals surface area contributed by atoms with Gasteiger partial charge in [-0.3, -0.25) is 4.90 Å². The molecule has 20 heavy (non-hydrogen) atoms. The van der Waals surface area contributed by atoms with E-state index in [9.17, 15) is 9.59 Å². The Hall–Kier alpha value is -2.08. The number of hydrogen-bond acceptors (Lipinski definition) is 3. The number of urea groups is 1. The molecule has 1 aromatic carbocycles. The number of amides is 2. The fourth-order valence-electron chi connectivity index (χ4n) is 1.83. The van der Waals surface area contributed by atoms with Gasteiger partial charge < -0.3 is 14.7 Å². The van der Waals surface area contributed by atoms with Gasteiger partial charge in [0.2, 0.25) is 0 Å². The first-order valence-electron chi connectivity index (χ1n) is 6.22. The highest BCUT2D eigenvalue weighted by Gasteiger charge is 2.23. The van der Waals surface area contributed by atoms with Crippen molar-refractivity contribution in [2.75, 3.05) is 32.7 Å². The number of carboxylic acids is 1. The topological polar surface area (TPSA) is 70.1 Å². The van der Waals surface area contributed by atoms with Crippen molar-refractivity contribution in [2.24, 2.45) is 0 Å². The van der Waals surface area contributed by atoms with Crippen LogP contribution in [0.25, 0.3) is 0 Å². The van der Waals surface area contributed by atoms with Crippen LogP contribution in [-0.2, 0) is 4.74 Å². The molecule has 1 aromatic rings. The van der Waals surface area contributed by atoms with Crippen LogP contribution in [0.5, 0.6) is 0 Å². The number of carboxylic acid groups (broad SMARTS) is 1. The molecule has 6 heteroatoms. The average molecular weight is 280 g/mol. The van der Waals surface area contributed by atoms with Crippen molar-refractivity contribution in [1.29, 1.82) is 0 Å². The van der Waals surface area contributed by atoms with Gasteiger partial charge in [-0.1, -0.05) is 12.1 Å². The Labute approximate surface area is 118 Å². The van der Waals surface area contributed by atoms with Crippen molar-refractivity contribution in [3.63, 3.8) is 0 Å². The summed E-state index contributed by atoms with van der Waals surface area (Å²) in [5.41, 5.74) is 0.456. The summed E-state index contributed by atoms with van der Waals surface area (Å²) in [5.74, 6) is -1.06. The molecule has 0 aliphatic heterocycles. The Morgan fingerprint density at radius 3 is 2.45 bits per heavy atom. The predicted molar refractivity (Wildman–Crippen MR) is 76.3 cm³/mol. The molecule has 1 N–H and O–H groups in total. The van der Waals surface area contributed by atoms with Crippen LogP contribution >= 0.6 is 0 Å². The van der Waals surface area contributed by atoms with Gasteiger partial charge in [-0.05, 0) is 19.1 Å². The molecule has 1 rings (SSSR count). The van der Waals surface area contributed by atoms with Crippen LogP contribution in [0.15, 0.2) is 24.3 Å². The van der Waals surface area contributed by atoms with Gasteiger partial charge >= 0.3 is 12.0 Å². The Morgan fingerprint density at radius 2 is 1.90 bits per heavy atom. The maximum Gasteiger partial charge on any atom is 0.337 e. The van der Waals surface area contributed by atoms with Crippen molar-refractivity contribution in [3.8, 4) is 0 Å². The number of carbonyl (C=O) groups is 2. The summed E-state index contributed by atoms with van der Waals surface area (Å²) in [4.78, 5) is 26.4. The van der Waals surface area contributed by atoms with E-state index in [1.807, 2.05) is 6.92 Å². The summed E-state index contributed by atoms with van der Waals surface area (Å²) < 4.78 is 5.02. The molecule has 0 bridgehead atoms. The first-order valence-corrected chi connectivity index (χ1v) is 6.22. The number of ether oxygens (including phenoxy) is 1. The van der Waals surface area contributed by atoms with Gasteiger partial charge in [0.05, 0.1) is 23.9 Å². The fourth-order valence-corrected chi connectivity index (χ4v) is 1.83. The van der Waals surface area contributed by atoms with Crippen LogP contribution in [-0.4, -0.2) is 55.9 Å². The quantitative estimate of drug-likeness (QED) is 0.894. The zero-order chi connectivity index (χ0) is 15.3. The maximum atomic E-state index is 12.3. The monoisotopic (exact) mass is 280 g/mol. The minimum Gasteiger partial charge on any atom is -0.478 e. The third-order valence-corrected chi connectivity index (χ3v) is 3.15. The smallest absolute Gasteiger partial charge is 0.337 e. The van der Waals surface area contributed by atoms with E-state index in [0.29, 0.717) is 12.3 Å². The number of methoxy groups -OCH3 is 1. The summed E-state index contributed by atoms with van der Waals surface area (Å²) in [6, 6.07) is 6.01. The third-order valence-electron chi connectivity index (χ3n) is 3.15. The normalized spacial score (nSPS) is 11.8. The lowest BCUT2D eigenvalue weighted by molar-refractivity contribution is 0.0697. The zero-order valence-electron chi connectivity index (χ0n) is 12.2. The van der Waals surface area contributed by atoms with Crippen LogP contribution in [0.2, 0.25) is 0 Å². The second kappa shape index (κ2) is 6.91. The molecule has 0 fully saturated rings. The van der Waals surface area contributed by atoms with E-state index < -0.39 is 5.97 Å². The Kier molecular flexibility index (Phi) is 5.52. The largest absolute Gasteiger partial charge is 0.478 e. The van der Waals surface area contributed by atoms with Crippen molar-refractivity contribution in [2.45, 2.75) is 13.0 Å². The molecule has 1 atom stereocenters. The highest BCUT2D eigenvalue weighted by atomic mass is 16.5. The zero-order valence-corrected chi connectivity index (χ0v) is 12.2. The second-order valence-corrected chi connectivity index (χ2v) is 4.58. The summed E-state index contributed by atoms with van der Waals surface area (Å²) in [6.07, 6.45) is 0. The van der Waals surface area contributed by atoms with Crippen molar-refractivity contribution in [3.05, 3.63) is 29.8 Å². The number of carbonyl (C=O) groups excluding carboxylic acids is 1. The van der Waals surface area contributed by atoms with Gasteiger partial charge in [0.15, 0.2) is 0 Å². The van der Waals surface area contributed by atoms with Gasteiger partial charge in [0.25, 0.3) is 0 Å². The van der Waals surface area contributed by atoms with Crippen LogP contribution in [0.1, 0.15) is 17.3 Å². The lowest BCUT2D eigenvalue weighted by Gasteiger charge is -2.30. The van der Waals surface area contributed by atoms with E-state index in [0.717, 1.165) is 0 Å². The SMILES string of the molecule is COCC(C)N(C)C(=O)N(C)c1ccccc1C(=O)O. The fraction of sp³-hybridized carbons (Fsp3) is 0.429. The van der Waals surface area contributed by atoms with E-state index in [2.05, 4.69) is 0 Å². The molecule has 0 aliphatic carbocycles. The van der Waals surface area contributed by atoms with E-state index >= 15 is 0 Å². The van der Waals surface area contributed by atoms with E-state index in [-0.39, 0.29) is 17.6 Å². The van der Waals surface area contributed by atoms with Gasteiger partial charge in [-0.15, -0.1) is 0 Å².